The van der Waals surface area contributed by atoms with Crippen LogP contribution in [-0.2, 0) is 0 Å². The van der Waals surface area contributed by atoms with Crippen molar-refractivity contribution in [1.29, 1.82) is 0 Å². The van der Waals surface area contributed by atoms with Crippen LogP contribution in [0.5, 0.6) is 0 Å². The number of urea groups is 1. The molecule has 2 aliphatic rings. The third-order valence-electron chi connectivity index (χ3n) is 4.02. The quantitative estimate of drug-likeness (QED) is 0.696. The molecule has 0 bridgehead atoms. The van der Waals surface area contributed by atoms with Gasteiger partial charge < -0.3 is 16.0 Å². The van der Waals surface area contributed by atoms with Crippen molar-refractivity contribution >= 4 is 6.03 Å². The van der Waals surface area contributed by atoms with Gasteiger partial charge >= 0.3 is 6.03 Å². The molecular formula is C13H26N4O. The van der Waals surface area contributed by atoms with E-state index in [9.17, 15) is 4.79 Å². The SMILES string of the molecule is CN1CCCCC1NC(=O)NCC1CCCNC1. The average molecular weight is 254 g/mol. The number of nitrogens with one attached hydrogen (secondary N) is 3. The van der Waals surface area contributed by atoms with Crippen LogP contribution < -0.4 is 16.0 Å². The third-order valence-corrected chi connectivity index (χ3v) is 4.02. The zero-order valence-electron chi connectivity index (χ0n) is 11.4. The van der Waals surface area contributed by atoms with E-state index in [0.29, 0.717) is 5.92 Å². The summed E-state index contributed by atoms with van der Waals surface area (Å²) in [7, 11) is 2.08. The Labute approximate surface area is 110 Å². The number of amides is 2. The summed E-state index contributed by atoms with van der Waals surface area (Å²) in [6.45, 7) is 4.02. The van der Waals surface area contributed by atoms with Crippen molar-refractivity contribution in [2.45, 2.75) is 38.3 Å². The first-order valence-electron chi connectivity index (χ1n) is 7.21. The minimum Gasteiger partial charge on any atom is -0.338 e. The van der Waals surface area contributed by atoms with E-state index < -0.39 is 0 Å². The van der Waals surface area contributed by atoms with Crippen LogP contribution in [0, 0.1) is 5.92 Å². The summed E-state index contributed by atoms with van der Waals surface area (Å²) in [6, 6.07) is -0.0145. The molecule has 2 heterocycles. The van der Waals surface area contributed by atoms with E-state index in [1.807, 2.05) is 0 Å². The zero-order chi connectivity index (χ0) is 12.8. The Hall–Kier alpha value is -0.810. The molecule has 2 saturated heterocycles. The van der Waals surface area contributed by atoms with Crippen molar-refractivity contribution in [3.63, 3.8) is 0 Å². The molecular weight excluding hydrogens is 228 g/mol. The van der Waals surface area contributed by atoms with Crippen molar-refractivity contribution in [3.05, 3.63) is 0 Å². The minimum atomic E-state index is -0.0145. The summed E-state index contributed by atoms with van der Waals surface area (Å²) in [5.41, 5.74) is 0. The van der Waals surface area contributed by atoms with Gasteiger partial charge in [-0.3, -0.25) is 4.90 Å². The first kappa shape index (κ1) is 13.6. The number of nitrogens with zero attached hydrogens (tertiary/aromatic N) is 1. The van der Waals surface area contributed by atoms with Gasteiger partial charge in [0.2, 0.25) is 0 Å². The highest BCUT2D eigenvalue weighted by Crippen LogP contribution is 2.12. The van der Waals surface area contributed by atoms with Gasteiger partial charge in [-0.1, -0.05) is 0 Å². The number of carbonyl (C=O) groups is 1. The first-order chi connectivity index (χ1) is 8.75. The number of hydrogen-bond acceptors (Lipinski definition) is 3. The number of piperidine rings is 2. The normalized spacial score (nSPS) is 29.8. The highest BCUT2D eigenvalue weighted by Gasteiger charge is 2.21. The number of carbonyl (C=O) groups excluding carboxylic acids is 1. The van der Waals surface area contributed by atoms with Crippen LogP contribution in [0.3, 0.4) is 0 Å². The second-order valence-corrected chi connectivity index (χ2v) is 5.56. The molecule has 2 fully saturated rings. The van der Waals surface area contributed by atoms with Crippen molar-refractivity contribution in [3.8, 4) is 0 Å². The standard InChI is InChI=1S/C13H26N4O/c1-17-8-3-2-6-12(17)16-13(18)15-10-11-5-4-7-14-9-11/h11-12,14H,2-10H2,1H3,(H2,15,16,18). The molecule has 2 atom stereocenters. The molecule has 5 heteroatoms. The largest absolute Gasteiger partial charge is 0.338 e. The Balaban J connectivity index is 1.64. The Morgan fingerprint density at radius 2 is 2.22 bits per heavy atom. The van der Waals surface area contributed by atoms with Gasteiger partial charge in [-0.25, -0.2) is 4.79 Å². The van der Waals surface area contributed by atoms with Crippen molar-refractivity contribution < 1.29 is 4.79 Å². The summed E-state index contributed by atoms with van der Waals surface area (Å²) >= 11 is 0. The highest BCUT2D eigenvalue weighted by atomic mass is 16.2. The van der Waals surface area contributed by atoms with Crippen LogP contribution in [0.15, 0.2) is 0 Å². The second-order valence-electron chi connectivity index (χ2n) is 5.56. The van der Waals surface area contributed by atoms with E-state index in [-0.39, 0.29) is 12.2 Å². The van der Waals surface area contributed by atoms with Gasteiger partial charge in [0.15, 0.2) is 0 Å². The van der Waals surface area contributed by atoms with Crippen molar-refractivity contribution in [2.75, 3.05) is 33.2 Å². The summed E-state index contributed by atoms with van der Waals surface area (Å²) < 4.78 is 0. The molecule has 0 aromatic rings. The van der Waals surface area contributed by atoms with Gasteiger partial charge in [-0.15, -0.1) is 0 Å². The molecule has 2 aliphatic heterocycles. The maximum absolute atomic E-state index is 11.8. The van der Waals surface area contributed by atoms with E-state index in [2.05, 4.69) is 27.9 Å². The van der Waals surface area contributed by atoms with E-state index in [1.165, 1.54) is 25.7 Å². The molecule has 2 unspecified atom stereocenters. The first-order valence-corrected chi connectivity index (χ1v) is 7.21. The molecule has 0 aliphatic carbocycles. The fraction of sp³-hybridized carbons (Fsp3) is 0.923. The van der Waals surface area contributed by atoms with E-state index in [1.54, 1.807) is 0 Å². The molecule has 3 N–H and O–H groups in total. The molecule has 5 nitrogen and oxygen atoms in total. The van der Waals surface area contributed by atoms with Crippen LogP contribution >= 0.6 is 0 Å². The Morgan fingerprint density at radius 1 is 1.33 bits per heavy atom. The van der Waals surface area contributed by atoms with Crippen LogP contribution in [0.25, 0.3) is 0 Å². The summed E-state index contributed by atoms with van der Waals surface area (Å²) in [6.07, 6.45) is 6.17. The van der Waals surface area contributed by atoms with Crippen molar-refractivity contribution in [1.82, 2.24) is 20.9 Å². The number of hydrogen-bond donors (Lipinski definition) is 3. The van der Waals surface area contributed by atoms with Crippen molar-refractivity contribution in [2.24, 2.45) is 5.92 Å². The Bertz CT molecular complexity index is 266. The summed E-state index contributed by atoms with van der Waals surface area (Å²) in [5, 5.41) is 9.43. The Morgan fingerprint density at radius 3 is 2.94 bits per heavy atom. The van der Waals surface area contributed by atoms with E-state index >= 15 is 0 Å². The average Bonchev–Trinajstić information content (AvgIpc) is 2.40. The van der Waals surface area contributed by atoms with Gasteiger partial charge in [0.05, 0.1) is 6.17 Å². The Kier molecular flexibility index (Phi) is 5.26. The molecule has 18 heavy (non-hydrogen) atoms. The fourth-order valence-electron chi connectivity index (χ4n) is 2.80. The molecule has 2 amide bonds. The molecule has 0 aromatic heterocycles. The lowest BCUT2D eigenvalue weighted by Gasteiger charge is -2.33. The predicted octanol–water partition coefficient (Wildman–Crippen LogP) is 0.727. The van der Waals surface area contributed by atoms with Gasteiger partial charge in [0, 0.05) is 6.54 Å². The van der Waals surface area contributed by atoms with Crippen LogP contribution in [0.2, 0.25) is 0 Å². The lowest BCUT2D eigenvalue weighted by Crippen LogP contribution is -2.52. The van der Waals surface area contributed by atoms with Crippen LogP contribution in [-0.4, -0.2) is 50.3 Å². The topological polar surface area (TPSA) is 56.4 Å². The molecule has 0 aromatic carbocycles. The molecule has 0 saturated carbocycles. The third kappa shape index (κ3) is 4.14. The predicted molar refractivity (Wildman–Crippen MR) is 72.4 cm³/mol. The lowest BCUT2D eigenvalue weighted by molar-refractivity contribution is 0.153. The molecule has 0 spiro atoms. The van der Waals surface area contributed by atoms with Crippen LogP contribution in [0.1, 0.15) is 32.1 Å². The molecule has 2 rings (SSSR count). The number of likely N-dealkylation sites (tertiary alicyclic amines) is 1. The summed E-state index contributed by atoms with van der Waals surface area (Å²) in [4.78, 5) is 14.1. The summed E-state index contributed by atoms with van der Waals surface area (Å²) in [5.74, 6) is 0.591. The van der Waals surface area contributed by atoms with Crippen LogP contribution in [0.4, 0.5) is 4.79 Å². The highest BCUT2D eigenvalue weighted by molar-refractivity contribution is 5.74. The monoisotopic (exact) mass is 254 g/mol. The molecule has 0 radical (unpaired) electrons. The van der Waals surface area contributed by atoms with Gasteiger partial charge in [-0.05, 0) is 64.7 Å². The lowest BCUT2D eigenvalue weighted by atomic mass is 10.00. The maximum atomic E-state index is 11.8. The second kappa shape index (κ2) is 6.95. The minimum absolute atomic E-state index is 0.0145. The number of rotatable bonds is 3. The van der Waals surface area contributed by atoms with Gasteiger partial charge in [0.1, 0.15) is 0 Å². The molecule has 104 valence electrons. The maximum Gasteiger partial charge on any atom is 0.316 e. The smallest absolute Gasteiger partial charge is 0.316 e. The van der Waals surface area contributed by atoms with E-state index in [0.717, 1.165) is 32.6 Å². The van der Waals surface area contributed by atoms with E-state index in [4.69, 9.17) is 0 Å². The van der Waals surface area contributed by atoms with Gasteiger partial charge in [0.25, 0.3) is 0 Å². The zero-order valence-corrected chi connectivity index (χ0v) is 11.4. The van der Waals surface area contributed by atoms with Gasteiger partial charge in [-0.2, -0.15) is 0 Å². The fourth-order valence-corrected chi connectivity index (χ4v) is 2.80.